The van der Waals surface area contributed by atoms with E-state index in [0.717, 1.165) is 0 Å². The predicted molar refractivity (Wildman–Crippen MR) is 97.4 cm³/mol. The molecular weight excluding hydrogens is 294 g/mol. The van der Waals surface area contributed by atoms with E-state index in [-0.39, 0.29) is 0 Å². The first-order valence-electron chi connectivity index (χ1n) is 8.14. The van der Waals surface area contributed by atoms with Crippen LogP contribution in [0.15, 0.2) is 79.1 Å². The maximum Gasteiger partial charge on any atom is 0.169 e. The molecular formula is C21H14N3+. The van der Waals surface area contributed by atoms with Gasteiger partial charge < -0.3 is 0 Å². The molecule has 0 fully saturated rings. The first kappa shape index (κ1) is 12.1. The monoisotopic (exact) mass is 308 g/mol. The second-order valence-corrected chi connectivity index (χ2v) is 6.28. The zero-order valence-electron chi connectivity index (χ0n) is 12.9. The second-order valence-electron chi connectivity index (χ2n) is 6.28. The summed E-state index contributed by atoms with van der Waals surface area (Å²) >= 11 is 0. The number of fused-ring (bicyclic) bond motifs is 5. The fraction of sp³-hybridized carbons (Fsp3) is 0. The predicted octanol–water partition coefficient (Wildman–Crippen LogP) is 4.47. The molecule has 24 heavy (non-hydrogen) atoms. The summed E-state index contributed by atoms with van der Waals surface area (Å²) in [6.07, 6.45) is 4.17. The maximum absolute atomic E-state index is 3.50. The Morgan fingerprint density at radius 1 is 0.667 bits per heavy atom. The number of benzene rings is 3. The molecule has 3 heterocycles. The molecule has 1 N–H and O–H groups in total. The van der Waals surface area contributed by atoms with E-state index in [0.29, 0.717) is 0 Å². The highest BCUT2D eigenvalue weighted by Gasteiger charge is 2.18. The molecule has 0 aliphatic carbocycles. The quantitative estimate of drug-likeness (QED) is 0.316. The zero-order valence-corrected chi connectivity index (χ0v) is 12.9. The van der Waals surface area contributed by atoms with Crippen LogP contribution in [0.1, 0.15) is 0 Å². The minimum Gasteiger partial charge on any atom is -0.134 e. The third-order valence-electron chi connectivity index (χ3n) is 5.05. The molecule has 0 atom stereocenters. The molecule has 3 aromatic heterocycles. The molecule has 6 rings (SSSR count). The van der Waals surface area contributed by atoms with Gasteiger partial charge in [0.25, 0.3) is 0 Å². The van der Waals surface area contributed by atoms with E-state index < -0.39 is 0 Å². The maximum atomic E-state index is 3.50. The lowest BCUT2D eigenvalue weighted by atomic mass is 9.96. The number of hydrogen-bond donors (Lipinski definition) is 1. The van der Waals surface area contributed by atoms with Gasteiger partial charge in [0.2, 0.25) is 0 Å². The van der Waals surface area contributed by atoms with Crippen molar-refractivity contribution < 1.29 is 4.52 Å². The summed E-state index contributed by atoms with van der Waals surface area (Å²) in [7, 11) is 0. The molecule has 0 saturated heterocycles. The zero-order chi connectivity index (χ0) is 15.7. The average Bonchev–Trinajstić information content (AvgIpc) is 3.00. The largest absolute Gasteiger partial charge is 0.169 e. The van der Waals surface area contributed by atoms with Crippen molar-refractivity contribution in [2.45, 2.75) is 0 Å². The van der Waals surface area contributed by atoms with Gasteiger partial charge in [-0.25, -0.2) is 0 Å². The normalized spacial score (nSPS) is 12.2. The molecule has 0 saturated carbocycles. The molecule has 3 heteroatoms. The Bertz CT molecular complexity index is 1400. The van der Waals surface area contributed by atoms with Gasteiger partial charge in [0.15, 0.2) is 11.0 Å². The van der Waals surface area contributed by atoms with Crippen LogP contribution >= 0.6 is 0 Å². The van der Waals surface area contributed by atoms with Gasteiger partial charge in [-0.1, -0.05) is 47.7 Å². The molecule has 6 aromatic rings. The number of hydrogen-bond acceptors (Lipinski definition) is 0. The van der Waals surface area contributed by atoms with E-state index >= 15 is 0 Å². The van der Waals surface area contributed by atoms with Crippen molar-refractivity contribution in [2.24, 2.45) is 0 Å². The molecule has 0 aliphatic rings. The Labute approximate surface area is 137 Å². The highest BCUT2D eigenvalue weighted by molar-refractivity contribution is 6.29. The smallest absolute Gasteiger partial charge is 0.134 e. The second kappa shape index (κ2) is 4.15. The molecule has 0 bridgehead atoms. The van der Waals surface area contributed by atoms with Crippen LogP contribution in [0.2, 0.25) is 0 Å². The summed E-state index contributed by atoms with van der Waals surface area (Å²) in [5.41, 5.74) is 2.41. The van der Waals surface area contributed by atoms with Gasteiger partial charge in [-0.05, 0) is 40.4 Å². The van der Waals surface area contributed by atoms with Crippen LogP contribution in [-0.2, 0) is 0 Å². The van der Waals surface area contributed by atoms with Crippen molar-refractivity contribution in [1.29, 1.82) is 0 Å². The van der Waals surface area contributed by atoms with Crippen molar-refractivity contribution in [3.63, 3.8) is 0 Å². The van der Waals surface area contributed by atoms with Crippen LogP contribution in [0.3, 0.4) is 0 Å². The fourth-order valence-corrected chi connectivity index (χ4v) is 4.05. The first-order valence-corrected chi connectivity index (χ1v) is 8.14. The number of nitrogens with zero attached hydrogens (tertiary/aromatic N) is 2. The van der Waals surface area contributed by atoms with Crippen LogP contribution in [0.25, 0.3) is 43.4 Å². The van der Waals surface area contributed by atoms with E-state index in [1.807, 2.05) is 6.07 Å². The van der Waals surface area contributed by atoms with Gasteiger partial charge in [0.1, 0.15) is 12.4 Å². The van der Waals surface area contributed by atoms with Gasteiger partial charge in [0.05, 0.1) is 0 Å². The summed E-state index contributed by atoms with van der Waals surface area (Å²) in [5.74, 6) is 0. The van der Waals surface area contributed by atoms with Crippen LogP contribution in [0.4, 0.5) is 0 Å². The number of pyridine rings is 1. The molecule has 3 aromatic carbocycles. The summed E-state index contributed by atoms with van der Waals surface area (Å²) in [6.45, 7) is 0. The standard InChI is InChI=1S/C21H14N3/c1-2-7-15-14(6-1)16-8-5-9-18-19-10-3-4-12-23(19)22-24-13-11-17(15)21(24)20(16)18/h1-13,22H/q+1. The van der Waals surface area contributed by atoms with Gasteiger partial charge in [-0.3, -0.25) is 0 Å². The lowest BCUT2D eigenvalue weighted by Crippen LogP contribution is -2.26. The minimum absolute atomic E-state index is 1.17. The fourth-order valence-electron chi connectivity index (χ4n) is 4.05. The van der Waals surface area contributed by atoms with Crippen LogP contribution < -0.4 is 4.52 Å². The van der Waals surface area contributed by atoms with Gasteiger partial charge in [0, 0.05) is 16.2 Å². The van der Waals surface area contributed by atoms with Crippen molar-refractivity contribution in [3.05, 3.63) is 79.1 Å². The van der Waals surface area contributed by atoms with Gasteiger partial charge >= 0.3 is 0 Å². The molecule has 112 valence electrons. The van der Waals surface area contributed by atoms with E-state index in [4.69, 9.17) is 0 Å². The minimum atomic E-state index is 1.17. The summed E-state index contributed by atoms with van der Waals surface area (Å²) in [6, 6.07) is 23.8. The Morgan fingerprint density at radius 3 is 2.33 bits per heavy atom. The number of aromatic nitrogens is 3. The van der Waals surface area contributed by atoms with Gasteiger partial charge in [-0.15, -0.1) is 9.03 Å². The lowest BCUT2D eigenvalue weighted by Gasteiger charge is -2.06. The average molecular weight is 308 g/mol. The van der Waals surface area contributed by atoms with Crippen molar-refractivity contribution in [1.82, 2.24) is 9.73 Å². The van der Waals surface area contributed by atoms with Crippen LogP contribution in [0.5, 0.6) is 0 Å². The van der Waals surface area contributed by atoms with E-state index in [9.17, 15) is 0 Å². The van der Waals surface area contributed by atoms with Crippen LogP contribution in [0, 0.1) is 0 Å². The van der Waals surface area contributed by atoms with Gasteiger partial charge in [-0.2, -0.15) is 0 Å². The van der Waals surface area contributed by atoms with Crippen molar-refractivity contribution >= 4 is 43.4 Å². The van der Waals surface area contributed by atoms with E-state index in [1.54, 1.807) is 0 Å². The Morgan fingerprint density at radius 2 is 1.42 bits per heavy atom. The van der Waals surface area contributed by atoms with Crippen LogP contribution in [-0.4, -0.2) is 9.73 Å². The number of H-pyrrole nitrogens is 1. The molecule has 0 amide bonds. The Balaban J connectivity index is 2.14. The highest BCUT2D eigenvalue weighted by atomic mass is 15.4. The third kappa shape index (κ3) is 1.35. The Hall–Kier alpha value is -3.33. The van der Waals surface area contributed by atoms with E-state index in [2.05, 4.69) is 87.3 Å². The third-order valence-corrected chi connectivity index (χ3v) is 5.05. The SMILES string of the molecule is c1ccc2c(c1)c1cccc3c1c1c2ccn1[nH][n+]1ccccc31. The lowest BCUT2D eigenvalue weighted by molar-refractivity contribution is -0.587. The summed E-state index contributed by atoms with van der Waals surface area (Å²) < 4.78 is 4.21. The molecule has 0 spiro atoms. The number of aromatic amines is 1. The van der Waals surface area contributed by atoms with Crippen molar-refractivity contribution in [3.8, 4) is 0 Å². The van der Waals surface area contributed by atoms with Crippen molar-refractivity contribution in [2.75, 3.05) is 0 Å². The first-order chi connectivity index (χ1) is 11.9. The highest BCUT2D eigenvalue weighted by Crippen LogP contribution is 2.37. The molecule has 0 unspecified atom stereocenters. The number of nitrogens with one attached hydrogen (secondary N) is 1. The van der Waals surface area contributed by atoms with E-state index in [1.165, 1.54) is 43.4 Å². The molecule has 0 radical (unpaired) electrons. The number of rotatable bonds is 0. The topological polar surface area (TPSA) is 24.3 Å². The molecule has 0 aliphatic heterocycles. The summed E-state index contributed by atoms with van der Waals surface area (Å²) in [4.78, 5) is 0. The molecule has 3 nitrogen and oxygen atoms in total. The Kier molecular flexibility index (Phi) is 2.10. The summed E-state index contributed by atoms with van der Waals surface area (Å²) in [5, 5.41) is 11.3.